The molecule has 0 amide bonds. The van der Waals surface area contributed by atoms with Crippen LogP contribution in [0.15, 0.2) is 115 Å². The fourth-order valence-electron chi connectivity index (χ4n) is 5.26. The van der Waals surface area contributed by atoms with Crippen molar-refractivity contribution in [2.75, 3.05) is 0 Å². The number of halogens is 4. The van der Waals surface area contributed by atoms with E-state index in [-0.39, 0.29) is 0 Å². The van der Waals surface area contributed by atoms with Crippen molar-refractivity contribution in [3.63, 3.8) is 0 Å². The molecule has 0 aliphatic carbocycles. The number of benzene rings is 5. The van der Waals surface area contributed by atoms with Crippen LogP contribution in [0.1, 0.15) is 0 Å². The molecule has 6 heteroatoms. The molecule has 2 heterocycles. The molecule has 7 aromatic rings. The second kappa shape index (κ2) is 8.59. The van der Waals surface area contributed by atoms with Crippen molar-refractivity contribution in [3.05, 3.63) is 115 Å². The van der Waals surface area contributed by atoms with Gasteiger partial charge in [0.2, 0.25) is 0 Å². The van der Waals surface area contributed by atoms with Gasteiger partial charge in [-0.15, -0.1) is 0 Å². The molecule has 0 aliphatic heterocycles. The highest BCUT2D eigenvalue weighted by Crippen LogP contribution is 2.38. The first-order valence-electron chi connectivity index (χ1n) is 11.4. The Labute approximate surface area is 241 Å². The number of aromatic nitrogens is 2. The van der Waals surface area contributed by atoms with E-state index in [1.54, 1.807) is 0 Å². The third kappa shape index (κ3) is 3.53. The van der Waals surface area contributed by atoms with E-state index in [4.69, 9.17) is 0 Å². The Morgan fingerprint density at radius 2 is 0.667 bits per heavy atom. The predicted molar refractivity (Wildman–Crippen MR) is 166 cm³/mol. The van der Waals surface area contributed by atoms with E-state index in [0.29, 0.717) is 0 Å². The molecule has 0 saturated heterocycles. The highest BCUT2D eigenvalue weighted by Gasteiger charge is 2.16. The fourth-order valence-corrected chi connectivity index (χ4v) is 6.65. The minimum absolute atomic E-state index is 1.06. The number of hydrogen-bond acceptors (Lipinski definition) is 0. The van der Waals surface area contributed by atoms with E-state index in [2.05, 4.69) is 170 Å². The second-order valence-corrected chi connectivity index (χ2v) is 12.5. The SMILES string of the molecule is Brc1ccc2c3ccc(Br)cc3n(-c3cccc(-n4c5cc(Br)ccc5c5ccc(Br)cc54)c3)c2c1. The van der Waals surface area contributed by atoms with Crippen LogP contribution >= 0.6 is 63.7 Å². The van der Waals surface area contributed by atoms with Crippen LogP contribution in [-0.2, 0) is 0 Å². The maximum atomic E-state index is 3.69. The van der Waals surface area contributed by atoms with Crippen LogP contribution in [0.3, 0.4) is 0 Å². The molecular weight excluding hydrogens is 708 g/mol. The van der Waals surface area contributed by atoms with Crippen molar-refractivity contribution in [1.29, 1.82) is 0 Å². The van der Waals surface area contributed by atoms with Gasteiger partial charge in [0.25, 0.3) is 0 Å². The molecule has 0 atom stereocenters. The second-order valence-electron chi connectivity index (χ2n) is 8.84. The maximum absolute atomic E-state index is 3.69. The first-order valence-corrected chi connectivity index (χ1v) is 14.5. The molecule has 5 aromatic carbocycles. The van der Waals surface area contributed by atoms with Gasteiger partial charge in [0, 0.05) is 50.8 Å². The lowest BCUT2D eigenvalue weighted by Crippen LogP contribution is -1.98. The summed E-state index contributed by atoms with van der Waals surface area (Å²) in [5, 5.41) is 4.93. The van der Waals surface area contributed by atoms with Gasteiger partial charge in [-0.1, -0.05) is 94.1 Å². The van der Waals surface area contributed by atoms with Crippen LogP contribution in [0.25, 0.3) is 55.0 Å². The molecular formula is C30H16Br4N2. The predicted octanol–water partition coefficient (Wildman–Crippen LogP) is 10.9. The van der Waals surface area contributed by atoms with E-state index >= 15 is 0 Å². The summed E-state index contributed by atoms with van der Waals surface area (Å²) in [5.41, 5.74) is 6.90. The van der Waals surface area contributed by atoms with Gasteiger partial charge in [0.15, 0.2) is 0 Å². The highest BCUT2D eigenvalue weighted by molar-refractivity contribution is 9.11. The van der Waals surface area contributed by atoms with Gasteiger partial charge in [-0.2, -0.15) is 0 Å². The van der Waals surface area contributed by atoms with E-state index in [1.807, 2.05) is 0 Å². The summed E-state index contributed by atoms with van der Waals surface area (Å²) in [4.78, 5) is 0. The van der Waals surface area contributed by atoms with E-state index < -0.39 is 0 Å². The zero-order valence-electron chi connectivity index (χ0n) is 18.6. The number of hydrogen-bond donors (Lipinski definition) is 0. The topological polar surface area (TPSA) is 9.86 Å². The van der Waals surface area contributed by atoms with Crippen molar-refractivity contribution >= 4 is 107 Å². The standard InChI is InChI=1S/C30H16Br4N2/c31-17-4-8-23-24-9-5-18(32)13-28(24)35(27(23)12-17)21-2-1-3-22(16-21)36-29-14-19(33)6-10-25(29)26-11-7-20(34)15-30(26)36/h1-16H. The third-order valence-electron chi connectivity index (χ3n) is 6.73. The molecule has 174 valence electrons. The van der Waals surface area contributed by atoms with E-state index in [1.165, 1.54) is 43.6 Å². The van der Waals surface area contributed by atoms with Crippen molar-refractivity contribution < 1.29 is 0 Å². The number of fused-ring (bicyclic) bond motifs is 6. The van der Waals surface area contributed by atoms with Gasteiger partial charge in [-0.3, -0.25) is 0 Å². The quantitative estimate of drug-likeness (QED) is 0.168. The molecule has 0 saturated carbocycles. The fraction of sp³-hybridized carbons (Fsp3) is 0. The van der Waals surface area contributed by atoms with Crippen LogP contribution in [0.4, 0.5) is 0 Å². The summed E-state index contributed by atoms with van der Waals surface area (Å²) < 4.78 is 8.95. The molecule has 36 heavy (non-hydrogen) atoms. The van der Waals surface area contributed by atoms with Crippen molar-refractivity contribution in [3.8, 4) is 11.4 Å². The Morgan fingerprint density at radius 1 is 0.361 bits per heavy atom. The lowest BCUT2D eigenvalue weighted by Gasteiger charge is -2.13. The van der Waals surface area contributed by atoms with Crippen LogP contribution in [-0.4, -0.2) is 9.13 Å². The average Bonchev–Trinajstić information content (AvgIpc) is 3.34. The van der Waals surface area contributed by atoms with Crippen molar-refractivity contribution in [2.24, 2.45) is 0 Å². The van der Waals surface area contributed by atoms with E-state index in [0.717, 1.165) is 29.3 Å². The number of rotatable bonds is 2. The molecule has 0 bridgehead atoms. The van der Waals surface area contributed by atoms with Crippen LogP contribution < -0.4 is 0 Å². The summed E-state index contributed by atoms with van der Waals surface area (Å²) >= 11 is 14.8. The lowest BCUT2D eigenvalue weighted by molar-refractivity contribution is 1.13. The van der Waals surface area contributed by atoms with Gasteiger partial charge >= 0.3 is 0 Å². The Bertz CT molecular complexity index is 1740. The van der Waals surface area contributed by atoms with Crippen molar-refractivity contribution in [2.45, 2.75) is 0 Å². The third-order valence-corrected chi connectivity index (χ3v) is 8.70. The molecule has 0 aliphatic rings. The van der Waals surface area contributed by atoms with Gasteiger partial charge in [0.1, 0.15) is 0 Å². The Hall–Kier alpha value is -2.38. The molecule has 0 N–H and O–H groups in total. The van der Waals surface area contributed by atoms with Gasteiger partial charge < -0.3 is 9.13 Å². The zero-order chi connectivity index (χ0) is 24.6. The van der Waals surface area contributed by atoms with Crippen LogP contribution in [0.2, 0.25) is 0 Å². The molecule has 2 nitrogen and oxygen atoms in total. The molecule has 0 radical (unpaired) electrons. The summed E-state index contributed by atoms with van der Waals surface area (Å²) in [6, 6.07) is 34.8. The zero-order valence-corrected chi connectivity index (χ0v) is 25.0. The molecule has 0 fully saturated rings. The van der Waals surface area contributed by atoms with Crippen LogP contribution in [0, 0.1) is 0 Å². The highest BCUT2D eigenvalue weighted by atomic mass is 79.9. The average molecular weight is 724 g/mol. The minimum Gasteiger partial charge on any atom is -0.309 e. The Balaban J connectivity index is 1.57. The van der Waals surface area contributed by atoms with Gasteiger partial charge in [0.05, 0.1) is 22.1 Å². The molecule has 2 aromatic heterocycles. The summed E-state index contributed by atoms with van der Waals surface area (Å²) in [6.45, 7) is 0. The van der Waals surface area contributed by atoms with Crippen molar-refractivity contribution in [1.82, 2.24) is 9.13 Å². The first kappa shape index (κ1) is 22.8. The lowest BCUT2D eigenvalue weighted by atomic mass is 10.2. The van der Waals surface area contributed by atoms with Crippen LogP contribution in [0.5, 0.6) is 0 Å². The Morgan fingerprint density at radius 3 is 0.972 bits per heavy atom. The van der Waals surface area contributed by atoms with Gasteiger partial charge in [-0.05, 0) is 66.7 Å². The molecule has 7 rings (SSSR count). The first-order chi connectivity index (χ1) is 17.5. The normalized spacial score (nSPS) is 11.9. The van der Waals surface area contributed by atoms with Gasteiger partial charge in [-0.25, -0.2) is 0 Å². The smallest absolute Gasteiger partial charge is 0.0552 e. The minimum atomic E-state index is 1.06. The molecule has 0 unspecified atom stereocenters. The largest absolute Gasteiger partial charge is 0.309 e. The summed E-state index contributed by atoms with van der Waals surface area (Å²) in [6.07, 6.45) is 0. The number of nitrogens with zero attached hydrogens (tertiary/aromatic N) is 2. The Kier molecular flexibility index (Phi) is 5.44. The molecule has 0 spiro atoms. The summed E-state index contributed by atoms with van der Waals surface area (Å²) in [5.74, 6) is 0. The van der Waals surface area contributed by atoms with E-state index in [9.17, 15) is 0 Å². The monoisotopic (exact) mass is 720 g/mol. The summed E-state index contributed by atoms with van der Waals surface area (Å²) in [7, 11) is 0. The maximum Gasteiger partial charge on any atom is 0.0552 e.